The Hall–Kier alpha value is -1.83. The molecule has 1 aromatic rings. The van der Waals surface area contributed by atoms with E-state index in [4.69, 9.17) is 5.73 Å². The van der Waals surface area contributed by atoms with Crippen molar-refractivity contribution in [3.05, 3.63) is 23.4 Å². The summed E-state index contributed by atoms with van der Waals surface area (Å²) >= 11 is 0. The lowest BCUT2D eigenvalue weighted by Gasteiger charge is -2.26. The number of hydrogen-bond donors (Lipinski definition) is 2. The minimum Gasteiger partial charge on any atom is -0.365 e. The highest BCUT2D eigenvalue weighted by molar-refractivity contribution is 5.97. The third kappa shape index (κ3) is 2.44. The maximum atomic E-state index is 12.8. The third-order valence-corrected chi connectivity index (χ3v) is 4.15. The van der Waals surface area contributed by atoms with Gasteiger partial charge in [0, 0.05) is 25.7 Å². The molecule has 0 aliphatic carbocycles. The molecule has 0 saturated carbocycles. The van der Waals surface area contributed by atoms with E-state index in [1.165, 1.54) is 0 Å². The predicted octanol–water partition coefficient (Wildman–Crippen LogP) is 0.997. The van der Waals surface area contributed by atoms with E-state index in [0.29, 0.717) is 19.0 Å². The molecule has 21 heavy (non-hydrogen) atoms. The van der Waals surface area contributed by atoms with Gasteiger partial charge in [0.25, 0.3) is 5.91 Å². The smallest absolute Gasteiger partial charge is 0.365 e. The number of carbonyl (C=O) groups excluding carboxylic acids is 1. The van der Waals surface area contributed by atoms with Gasteiger partial charge in [-0.05, 0) is 24.5 Å². The minimum absolute atomic E-state index is 0.0375. The Bertz CT molecular complexity index is 575. The van der Waals surface area contributed by atoms with E-state index >= 15 is 0 Å². The first kappa shape index (κ1) is 14.1. The predicted molar refractivity (Wildman–Crippen MR) is 69.9 cm³/mol. The summed E-state index contributed by atoms with van der Waals surface area (Å²) in [6.45, 7) is 2.11. The molecule has 5 nitrogen and oxygen atoms in total. The number of alkyl halides is 3. The second-order valence-electron chi connectivity index (χ2n) is 5.40. The van der Waals surface area contributed by atoms with Gasteiger partial charge in [0.1, 0.15) is 11.5 Å². The van der Waals surface area contributed by atoms with Crippen LogP contribution in [0.1, 0.15) is 22.5 Å². The summed E-state index contributed by atoms with van der Waals surface area (Å²) in [6, 6.07) is 1.98. The first-order valence-corrected chi connectivity index (χ1v) is 6.73. The van der Waals surface area contributed by atoms with Gasteiger partial charge in [-0.15, -0.1) is 0 Å². The monoisotopic (exact) mass is 300 g/mol. The van der Waals surface area contributed by atoms with Crippen LogP contribution in [0.2, 0.25) is 0 Å². The number of nitrogens with two attached hydrogens (primary N) is 1. The molecule has 0 aromatic carbocycles. The molecule has 114 valence electrons. The van der Waals surface area contributed by atoms with Crippen LogP contribution in [-0.4, -0.2) is 36.6 Å². The van der Waals surface area contributed by atoms with Gasteiger partial charge in [-0.3, -0.25) is 4.79 Å². The fraction of sp³-hybridized carbons (Fsp3) is 0.538. The molecule has 3 rings (SSSR count). The first-order chi connectivity index (χ1) is 9.88. The summed E-state index contributed by atoms with van der Waals surface area (Å²) in [5, 5.41) is 3.21. The van der Waals surface area contributed by atoms with Crippen LogP contribution in [0, 0.1) is 5.92 Å². The van der Waals surface area contributed by atoms with Crippen molar-refractivity contribution in [3.8, 4) is 0 Å². The molecule has 1 aromatic heterocycles. The Morgan fingerprint density at radius 2 is 2.14 bits per heavy atom. The fourth-order valence-corrected chi connectivity index (χ4v) is 3.13. The van der Waals surface area contributed by atoms with Gasteiger partial charge in [0.2, 0.25) is 0 Å². The Balaban J connectivity index is 2.04. The van der Waals surface area contributed by atoms with Crippen LogP contribution < -0.4 is 16.0 Å². The number of aromatic nitrogens is 1. The second-order valence-corrected chi connectivity index (χ2v) is 5.40. The Morgan fingerprint density at radius 3 is 2.81 bits per heavy atom. The zero-order valence-corrected chi connectivity index (χ0v) is 11.2. The first-order valence-electron chi connectivity index (χ1n) is 6.73. The molecule has 1 amide bonds. The molecule has 2 atom stereocenters. The van der Waals surface area contributed by atoms with Gasteiger partial charge in [-0.1, -0.05) is 0 Å². The van der Waals surface area contributed by atoms with E-state index < -0.39 is 17.8 Å². The molecule has 2 fully saturated rings. The van der Waals surface area contributed by atoms with Gasteiger partial charge < -0.3 is 16.0 Å². The minimum atomic E-state index is -4.54. The summed E-state index contributed by atoms with van der Waals surface area (Å²) in [4.78, 5) is 16.9. The highest BCUT2D eigenvalue weighted by Gasteiger charge is 2.41. The topological polar surface area (TPSA) is 71.2 Å². The Labute approximate surface area is 119 Å². The van der Waals surface area contributed by atoms with Gasteiger partial charge in [-0.25, -0.2) is 4.98 Å². The number of anilines is 1. The lowest BCUT2D eigenvalue weighted by atomic mass is 10.0. The van der Waals surface area contributed by atoms with Crippen LogP contribution in [-0.2, 0) is 6.18 Å². The van der Waals surface area contributed by atoms with Crippen molar-refractivity contribution in [2.75, 3.05) is 24.5 Å². The van der Waals surface area contributed by atoms with E-state index in [1.54, 1.807) is 4.90 Å². The summed E-state index contributed by atoms with van der Waals surface area (Å²) in [7, 11) is 0. The van der Waals surface area contributed by atoms with Crippen LogP contribution in [0.3, 0.4) is 0 Å². The summed E-state index contributed by atoms with van der Waals surface area (Å²) in [5.74, 6) is -0.337. The van der Waals surface area contributed by atoms with Gasteiger partial charge in [-0.2, -0.15) is 13.2 Å². The molecule has 0 radical (unpaired) electrons. The van der Waals surface area contributed by atoms with Crippen LogP contribution >= 0.6 is 0 Å². The highest BCUT2D eigenvalue weighted by atomic mass is 19.4. The number of pyridine rings is 1. The van der Waals surface area contributed by atoms with E-state index in [1.807, 2.05) is 0 Å². The summed E-state index contributed by atoms with van der Waals surface area (Å²) in [5.41, 5.74) is 4.31. The number of rotatable bonds is 2. The molecule has 0 bridgehead atoms. The van der Waals surface area contributed by atoms with Crippen molar-refractivity contribution >= 4 is 11.7 Å². The molecular weight excluding hydrogens is 285 g/mol. The van der Waals surface area contributed by atoms with E-state index in [9.17, 15) is 18.0 Å². The molecule has 2 aliphatic heterocycles. The normalized spacial score (nSPS) is 25.2. The van der Waals surface area contributed by atoms with E-state index in [2.05, 4.69) is 10.3 Å². The Morgan fingerprint density at radius 1 is 1.38 bits per heavy atom. The standard InChI is InChI=1S/C13H15F3N4O/c14-13(15,16)10-2-1-8(11(17)21)12(19-10)20-4-3-7-5-18-6-9(7)20/h1-2,7,9,18H,3-6H2,(H2,17,21)/t7-,9+/m0/s1. The lowest BCUT2D eigenvalue weighted by Crippen LogP contribution is -2.36. The average molecular weight is 300 g/mol. The highest BCUT2D eigenvalue weighted by Crippen LogP contribution is 2.35. The van der Waals surface area contributed by atoms with Crippen molar-refractivity contribution in [2.24, 2.45) is 11.7 Å². The van der Waals surface area contributed by atoms with E-state index in [0.717, 1.165) is 25.1 Å². The van der Waals surface area contributed by atoms with Crippen LogP contribution in [0.5, 0.6) is 0 Å². The van der Waals surface area contributed by atoms with Gasteiger partial charge in [0.05, 0.1) is 5.56 Å². The SMILES string of the molecule is NC(=O)c1ccc(C(F)(F)F)nc1N1CC[C@H]2CNC[C@H]21. The fourth-order valence-electron chi connectivity index (χ4n) is 3.13. The summed E-state index contributed by atoms with van der Waals surface area (Å²) in [6.07, 6.45) is -3.67. The molecule has 3 N–H and O–H groups in total. The zero-order chi connectivity index (χ0) is 15.2. The zero-order valence-electron chi connectivity index (χ0n) is 11.2. The van der Waals surface area contributed by atoms with E-state index in [-0.39, 0.29) is 17.4 Å². The van der Waals surface area contributed by atoms with Crippen molar-refractivity contribution in [2.45, 2.75) is 18.6 Å². The maximum absolute atomic E-state index is 12.8. The van der Waals surface area contributed by atoms with Crippen molar-refractivity contribution in [1.82, 2.24) is 10.3 Å². The molecule has 8 heteroatoms. The van der Waals surface area contributed by atoms with Gasteiger partial charge in [0.15, 0.2) is 0 Å². The largest absolute Gasteiger partial charge is 0.433 e. The quantitative estimate of drug-likeness (QED) is 0.855. The maximum Gasteiger partial charge on any atom is 0.433 e. The number of carbonyl (C=O) groups is 1. The molecule has 2 aliphatic rings. The van der Waals surface area contributed by atoms with Gasteiger partial charge >= 0.3 is 6.18 Å². The second kappa shape index (κ2) is 4.87. The molecule has 3 heterocycles. The molecule has 0 spiro atoms. The number of nitrogens with one attached hydrogen (secondary N) is 1. The van der Waals surface area contributed by atoms with Crippen LogP contribution in [0.4, 0.5) is 19.0 Å². The number of nitrogens with zero attached hydrogens (tertiary/aromatic N) is 2. The third-order valence-electron chi connectivity index (χ3n) is 4.15. The number of amides is 1. The van der Waals surface area contributed by atoms with Crippen LogP contribution in [0.25, 0.3) is 0 Å². The number of hydrogen-bond acceptors (Lipinski definition) is 4. The molecule has 2 saturated heterocycles. The average Bonchev–Trinajstić information content (AvgIpc) is 2.99. The molecule has 0 unspecified atom stereocenters. The van der Waals surface area contributed by atoms with Crippen LogP contribution in [0.15, 0.2) is 12.1 Å². The number of halogens is 3. The number of fused-ring (bicyclic) bond motifs is 1. The number of primary amides is 1. The van der Waals surface area contributed by atoms with Crippen molar-refractivity contribution < 1.29 is 18.0 Å². The van der Waals surface area contributed by atoms with Crippen molar-refractivity contribution in [1.29, 1.82) is 0 Å². The van der Waals surface area contributed by atoms with Crippen molar-refractivity contribution in [3.63, 3.8) is 0 Å². The Kier molecular flexibility index (Phi) is 3.27. The molecular formula is C13H15F3N4O. The lowest BCUT2D eigenvalue weighted by molar-refractivity contribution is -0.141. The summed E-state index contributed by atoms with van der Waals surface area (Å²) < 4.78 is 38.5.